The largest absolute Gasteiger partial charge is 0.378 e. The number of carbonyl (C=O) groups is 2. The first-order valence-corrected chi connectivity index (χ1v) is 10.1. The Bertz CT molecular complexity index is 734. The Labute approximate surface area is 164 Å². The van der Waals surface area contributed by atoms with E-state index in [9.17, 15) is 9.59 Å². The van der Waals surface area contributed by atoms with Gasteiger partial charge in [-0.3, -0.25) is 4.79 Å². The summed E-state index contributed by atoms with van der Waals surface area (Å²) < 4.78 is 5.29. The molecule has 1 heterocycles. The average Bonchev–Trinajstić information content (AvgIpc) is 2.73. The lowest BCUT2D eigenvalue weighted by atomic mass is 10.1. The van der Waals surface area contributed by atoms with Crippen molar-refractivity contribution in [3.63, 3.8) is 0 Å². The van der Waals surface area contributed by atoms with Crippen LogP contribution in [0.4, 0.5) is 4.79 Å². The molecule has 2 aromatic carbocycles. The second-order valence-electron chi connectivity index (χ2n) is 6.38. The molecule has 142 valence electrons. The molecule has 0 spiro atoms. The summed E-state index contributed by atoms with van der Waals surface area (Å²) in [6.07, 6.45) is 0.484. The molecule has 27 heavy (non-hydrogen) atoms. The molecular formula is C21H24N2O3S. The van der Waals surface area contributed by atoms with Crippen LogP contribution in [-0.2, 0) is 21.7 Å². The van der Waals surface area contributed by atoms with Gasteiger partial charge in [0.2, 0.25) is 5.12 Å². The summed E-state index contributed by atoms with van der Waals surface area (Å²) in [6, 6.07) is 18.9. The van der Waals surface area contributed by atoms with Crippen LogP contribution >= 0.6 is 11.8 Å². The Balaban J connectivity index is 1.64. The van der Waals surface area contributed by atoms with Crippen molar-refractivity contribution in [2.75, 3.05) is 26.3 Å². The summed E-state index contributed by atoms with van der Waals surface area (Å²) in [6.45, 7) is 2.17. The van der Waals surface area contributed by atoms with E-state index in [2.05, 4.69) is 5.32 Å². The number of morpholine rings is 1. The number of benzene rings is 2. The lowest BCUT2D eigenvalue weighted by Gasteiger charge is -2.29. The van der Waals surface area contributed by atoms with E-state index in [1.165, 1.54) is 11.8 Å². The van der Waals surface area contributed by atoms with E-state index in [0.29, 0.717) is 38.5 Å². The number of rotatable bonds is 6. The molecule has 2 amide bonds. The minimum Gasteiger partial charge on any atom is -0.378 e. The summed E-state index contributed by atoms with van der Waals surface area (Å²) >= 11 is 1.25. The molecule has 0 aromatic heterocycles. The van der Waals surface area contributed by atoms with Gasteiger partial charge in [0, 0.05) is 25.3 Å². The topological polar surface area (TPSA) is 58.6 Å². The highest BCUT2D eigenvalue weighted by Crippen LogP contribution is 2.17. The standard InChI is InChI=1S/C21H24N2O3S/c24-20(27-16-18-9-5-2-6-10-18)19(15-17-7-3-1-4-8-17)22-21(25)23-11-13-26-14-12-23/h1-10,19H,11-16H2,(H,22,25)/t19-/m0/s1. The lowest BCUT2D eigenvalue weighted by Crippen LogP contribution is -2.51. The minimum atomic E-state index is -0.559. The molecule has 2 aromatic rings. The number of urea groups is 1. The van der Waals surface area contributed by atoms with E-state index in [4.69, 9.17) is 4.74 Å². The van der Waals surface area contributed by atoms with Gasteiger partial charge in [0.25, 0.3) is 0 Å². The quantitative estimate of drug-likeness (QED) is 0.831. The van der Waals surface area contributed by atoms with Crippen molar-refractivity contribution in [2.45, 2.75) is 18.2 Å². The van der Waals surface area contributed by atoms with Crippen molar-refractivity contribution >= 4 is 22.9 Å². The molecule has 0 radical (unpaired) electrons. The molecule has 0 saturated carbocycles. The van der Waals surface area contributed by atoms with Crippen molar-refractivity contribution in [1.29, 1.82) is 0 Å². The Morgan fingerprint density at radius 1 is 0.963 bits per heavy atom. The molecule has 5 nitrogen and oxygen atoms in total. The van der Waals surface area contributed by atoms with Crippen LogP contribution < -0.4 is 5.32 Å². The van der Waals surface area contributed by atoms with Crippen LogP contribution in [0, 0.1) is 0 Å². The first-order chi connectivity index (χ1) is 13.2. The zero-order valence-electron chi connectivity index (χ0n) is 15.2. The summed E-state index contributed by atoms with van der Waals surface area (Å²) in [5, 5.41) is 2.91. The first-order valence-electron chi connectivity index (χ1n) is 9.10. The lowest BCUT2D eigenvalue weighted by molar-refractivity contribution is -0.112. The van der Waals surface area contributed by atoms with Crippen LogP contribution in [0.3, 0.4) is 0 Å². The number of hydrogen-bond acceptors (Lipinski definition) is 4. The Hall–Kier alpha value is -2.31. The van der Waals surface area contributed by atoms with Gasteiger partial charge in [-0.05, 0) is 11.1 Å². The predicted molar refractivity (Wildman–Crippen MR) is 108 cm³/mol. The molecule has 1 saturated heterocycles. The van der Waals surface area contributed by atoms with Gasteiger partial charge in [-0.1, -0.05) is 72.4 Å². The van der Waals surface area contributed by atoms with E-state index in [1.807, 2.05) is 60.7 Å². The molecule has 1 aliphatic heterocycles. The van der Waals surface area contributed by atoms with Crippen LogP contribution in [0.25, 0.3) is 0 Å². The van der Waals surface area contributed by atoms with Gasteiger partial charge in [-0.25, -0.2) is 4.79 Å². The number of hydrogen-bond donors (Lipinski definition) is 1. The Morgan fingerprint density at radius 2 is 1.56 bits per heavy atom. The molecule has 0 bridgehead atoms. The Morgan fingerprint density at radius 3 is 2.19 bits per heavy atom. The van der Waals surface area contributed by atoms with Crippen LogP contribution in [-0.4, -0.2) is 48.4 Å². The SMILES string of the molecule is O=C(SCc1ccccc1)[C@H](Cc1ccccc1)NC(=O)N1CCOCC1. The zero-order chi connectivity index (χ0) is 18.9. The number of ether oxygens (including phenoxy) is 1. The highest BCUT2D eigenvalue weighted by molar-refractivity contribution is 8.13. The number of thioether (sulfide) groups is 1. The monoisotopic (exact) mass is 384 g/mol. The third kappa shape index (κ3) is 6.12. The number of carbonyl (C=O) groups excluding carboxylic acids is 2. The van der Waals surface area contributed by atoms with Crippen molar-refractivity contribution in [3.8, 4) is 0 Å². The highest BCUT2D eigenvalue weighted by Gasteiger charge is 2.25. The Kier molecular flexibility index (Phi) is 7.30. The third-order valence-electron chi connectivity index (χ3n) is 4.39. The molecule has 0 aliphatic carbocycles. The fraction of sp³-hybridized carbons (Fsp3) is 0.333. The number of nitrogens with zero attached hydrogens (tertiary/aromatic N) is 1. The van der Waals surface area contributed by atoms with Crippen LogP contribution in [0.1, 0.15) is 11.1 Å². The molecular weight excluding hydrogens is 360 g/mol. The molecule has 3 rings (SSSR count). The second kappa shape index (κ2) is 10.1. The number of nitrogens with one attached hydrogen (secondary N) is 1. The minimum absolute atomic E-state index is 0.0238. The molecule has 0 unspecified atom stereocenters. The van der Waals surface area contributed by atoms with E-state index < -0.39 is 6.04 Å². The summed E-state index contributed by atoms with van der Waals surface area (Å²) in [4.78, 5) is 27.1. The fourth-order valence-electron chi connectivity index (χ4n) is 2.88. The van der Waals surface area contributed by atoms with Crippen molar-refractivity contribution in [1.82, 2.24) is 10.2 Å². The van der Waals surface area contributed by atoms with Gasteiger partial charge < -0.3 is 15.0 Å². The van der Waals surface area contributed by atoms with Gasteiger partial charge in [-0.15, -0.1) is 0 Å². The van der Waals surface area contributed by atoms with Crippen molar-refractivity contribution < 1.29 is 14.3 Å². The normalized spacial score (nSPS) is 15.2. The van der Waals surface area contributed by atoms with Gasteiger partial charge in [0.1, 0.15) is 6.04 Å². The smallest absolute Gasteiger partial charge is 0.318 e. The van der Waals surface area contributed by atoms with Crippen molar-refractivity contribution in [2.24, 2.45) is 0 Å². The molecule has 6 heteroatoms. The van der Waals surface area contributed by atoms with Crippen LogP contribution in [0.2, 0.25) is 0 Å². The third-order valence-corrected chi connectivity index (χ3v) is 5.43. The molecule has 1 atom stereocenters. The summed E-state index contributed by atoms with van der Waals surface area (Å²) in [7, 11) is 0. The van der Waals surface area contributed by atoms with Gasteiger partial charge in [-0.2, -0.15) is 0 Å². The fourth-order valence-corrected chi connectivity index (χ4v) is 3.72. The predicted octanol–water partition coefficient (Wildman–Crippen LogP) is 3.10. The molecule has 1 N–H and O–H groups in total. The summed E-state index contributed by atoms with van der Waals surface area (Å²) in [5.74, 6) is 0.596. The maximum atomic E-state index is 12.8. The van der Waals surface area contributed by atoms with Crippen LogP contribution in [0.15, 0.2) is 60.7 Å². The van der Waals surface area contributed by atoms with E-state index in [-0.39, 0.29) is 11.1 Å². The van der Waals surface area contributed by atoms with E-state index in [0.717, 1.165) is 11.1 Å². The second-order valence-corrected chi connectivity index (χ2v) is 7.36. The van der Waals surface area contributed by atoms with Gasteiger partial charge in [0.15, 0.2) is 0 Å². The maximum absolute atomic E-state index is 12.8. The van der Waals surface area contributed by atoms with E-state index >= 15 is 0 Å². The van der Waals surface area contributed by atoms with Crippen LogP contribution in [0.5, 0.6) is 0 Å². The van der Waals surface area contributed by atoms with Crippen molar-refractivity contribution in [3.05, 3.63) is 71.8 Å². The maximum Gasteiger partial charge on any atom is 0.318 e. The average molecular weight is 385 g/mol. The molecule has 1 fully saturated rings. The van der Waals surface area contributed by atoms with Gasteiger partial charge >= 0.3 is 6.03 Å². The zero-order valence-corrected chi connectivity index (χ0v) is 16.0. The molecule has 1 aliphatic rings. The highest BCUT2D eigenvalue weighted by atomic mass is 32.2. The first kappa shape index (κ1) is 19.5. The van der Waals surface area contributed by atoms with E-state index in [1.54, 1.807) is 4.90 Å². The summed E-state index contributed by atoms with van der Waals surface area (Å²) in [5.41, 5.74) is 2.12. The number of amides is 2. The van der Waals surface area contributed by atoms with Gasteiger partial charge in [0.05, 0.1) is 13.2 Å².